The summed E-state index contributed by atoms with van der Waals surface area (Å²) < 4.78 is 6.31. The number of carboxylic acid groups (broad SMARTS) is 1. The molecule has 8 heteroatoms. The van der Waals surface area contributed by atoms with Crippen LogP contribution < -0.4 is 5.32 Å². The van der Waals surface area contributed by atoms with Gasteiger partial charge in [0.05, 0.1) is 17.6 Å². The average Bonchev–Trinajstić information content (AvgIpc) is 3.05. The molecular weight excluding hydrogens is 288 g/mol. The molecule has 0 atom stereocenters. The van der Waals surface area contributed by atoms with E-state index in [1.165, 1.54) is 30.9 Å². The van der Waals surface area contributed by atoms with Crippen molar-refractivity contribution in [2.75, 3.05) is 5.32 Å². The van der Waals surface area contributed by atoms with Crippen LogP contribution >= 0.6 is 0 Å². The van der Waals surface area contributed by atoms with Crippen molar-refractivity contribution < 1.29 is 19.2 Å². The third-order valence-electron chi connectivity index (χ3n) is 3.43. The molecule has 0 bridgehead atoms. The maximum atomic E-state index is 12.3. The van der Waals surface area contributed by atoms with Crippen LogP contribution in [0, 0.1) is 6.92 Å². The van der Waals surface area contributed by atoms with Crippen molar-refractivity contribution in [3.63, 3.8) is 0 Å². The van der Waals surface area contributed by atoms with Gasteiger partial charge >= 0.3 is 5.97 Å². The minimum Gasteiger partial charge on any atom is -0.479 e. The summed E-state index contributed by atoms with van der Waals surface area (Å²) >= 11 is 0. The lowest BCUT2D eigenvalue weighted by Gasteiger charge is -2.19. The molecule has 0 spiro atoms. The quantitative estimate of drug-likeness (QED) is 0.871. The van der Waals surface area contributed by atoms with Gasteiger partial charge in [-0.1, -0.05) is 12.1 Å². The number of carbonyl (C=O) groups excluding carboxylic acids is 1. The Bertz CT molecular complexity index is 714. The highest BCUT2D eigenvalue weighted by molar-refractivity contribution is 6.05. The van der Waals surface area contributed by atoms with Crippen LogP contribution in [0.25, 0.3) is 0 Å². The molecular formula is C14H18N4O4. The molecule has 0 radical (unpaired) electrons. The maximum absolute atomic E-state index is 12.3. The summed E-state index contributed by atoms with van der Waals surface area (Å²) in [5.74, 6) is -0.937. The number of aliphatic carboxylic acids is 1. The molecule has 0 aromatic carbocycles. The standard InChI is InChI=1S/C14H18N4O4/c1-5-10-11(8(2)22-17-10)12(19)16-9-6-15-18(7-9)14(3,4)13(20)21/h6-7H,5H2,1-4H3,(H,16,19)(H,20,21). The molecule has 2 N–H and O–H groups in total. The monoisotopic (exact) mass is 306 g/mol. The van der Waals surface area contributed by atoms with Crippen LogP contribution in [-0.2, 0) is 16.8 Å². The number of amides is 1. The molecule has 0 fully saturated rings. The molecule has 0 saturated heterocycles. The van der Waals surface area contributed by atoms with Crippen LogP contribution in [0.15, 0.2) is 16.9 Å². The second-order valence-corrected chi connectivity index (χ2v) is 5.41. The van der Waals surface area contributed by atoms with Crippen molar-refractivity contribution in [3.8, 4) is 0 Å². The van der Waals surface area contributed by atoms with E-state index < -0.39 is 11.5 Å². The van der Waals surface area contributed by atoms with Crippen LogP contribution in [0.2, 0.25) is 0 Å². The zero-order valence-electron chi connectivity index (χ0n) is 12.9. The summed E-state index contributed by atoms with van der Waals surface area (Å²) in [6.07, 6.45) is 3.45. The van der Waals surface area contributed by atoms with Gasteiger partial charge in [0.2, 0.25) is 0 Å². The number of nitrogens with zero attached hydrogens (tertiary/aromatic N) is 3. The van der Waals surface area contributed by atoms with Crippen LogP contribution in [0.3, 0.4) is 0 Å². The summed E-state index contributed by atoms with van der Waals surface area (Å²) in [6.45, 7) is 6.58. The molecule has 0 aliphatic rings. The number of aromatic nitrogens is 3. The number of rotatable bonds is 5. The minimum absolute atomic E-state index is 0.358. The van der Waals surface area contributed by atoms with Crippen molar-refractivity contribution in [2.45, 2.75) is 39.7 Å². The van der Waals surface area contributed by atoms with Gasteiger partial charge in [0, 0.05) is 6.20 Å². The van der Waals surface area contributed by atoms with E-state index in [9.17, 15) is 14.7 Å². The smallest absolute Gasteiger partial charge is 0.331 e. The van der Waals surface area contributed by atoms with E-state index in [2.05, 4.69) is 15.6 Å². The highest BCUT2D eigenvalue weighted by atomic mass is 16.5. The highest BCUT2D eigenvalue weighted by Gasteiger charge is 2.30. The van der Waals surface area contributed by atoms with E-state index in [0.717, 1.165) is 0 Å². The summed E-state index contributed by atoms with van der Waals surface area (Å²) in [4.78, 5) is 23.5. The topological polar surface area (TPSA) is 110 Å². The van der Waals surface area contributed by atoms with Gasteiger partial charge in [0.25, 0.3) is 5.91 Å². The molecule has 0 unspecified atom stereocenters. The van der Waals surface area contributed by atoms with E-state index in [1.807, 2.05) is 6.92 Å². The Morgan fingerprint density at radius 2 is 2.14 bits per heavy atom. The minimum atomic E-state index is -1.20. The van der Waals surface area contributed by atoms with Gasteiger partial charge in [-0.2, -0.15) is 5.10 Å². The first-order valence-electron chi connectivity index (χ1n) is 6.82. The SMILES string of the molecule is CCc1noc(C)c1C(=O)Nc1cnn(C(C)(C)C(=O)O)c1. The Kier molecular flexibility index (Phi) is 4.03. The molecule has 0 aliphatic carbocycles. The largest absolute Gasteiger partial charge is 0.479 e. The van der Waals surface area contributed by atoms with Gasteiger partial charge in [-0.25, -0.2) is 4.79 Å². The fourth-order valence-corrected chi connectivity index (χ4v) is 1.93. The predicted molar refractivity (Wildman–Crippen MR) is 77.8 cm³/mol. The normalized spacial score (nSPS) is 11.5. The lowest BCUT2D eigenvalue weighted by atomic mass is 10.1. The fraction of sp³-hybridized carbons (Fsp3) is 0.429. The van der Waals surface area contributed by atoms with Crippen LogP contribution in [0.5, 0.6) is 0 Å². The number of nitrogens with one attached hydrogen (secondary N) is 1. The second kappa shape index (κ2) is 5.63. The Balaban J connectivity index is 2.22. The van der Waals surface area contributed by atoms with Gasteiger partial charge < -0.3 is 14.9 Å². The van der Waals surface area contributed by atoms with Crippen molar-refractivity contribution in [1.29, 1.82) is 0 Å². The van der Waals surface area contributed by atoms with E-state index in [0.29, 0.717) is 29.1 Å². The molecule has 0 aliphatic heterocycles. The summed E-state index contributed by atoms with van der Waals surface area (Å²) in [5.41, 5.74) is 0.174. The Labute approximate surface area is 127 Å². The lowest BCUT2D eigenvalue weighted by molar-refractivity contribution is -0.146. The number of carbonyl (C=O) groups is 2. The van der Waals surface area contributed by atoms with Crippen molar-refractivity contribution in [1.82, 2.24) is 14.9 Å². The first kappa shape index (κ1) is 15.7. The van der Waals surface area contributed by atoms with E-state index in [1.54, 1.807) is 6.92 Å². The molecule has 2 heterocycles. The molecule has 22 heavy (non-hydrogen) atoms. The highest BCUT2D eigenvalue weighted by Crippen LogP contribution is 2.19. The number of hydrogen-bond donors (Lipinski definition) is 2. The molecule has 1 amide bonds. The Morgan fingerprint density at radius 1 is 1.45 bits per heavy atom. The van der Waals surface area contributed by atoms with Gasteiger partial charge in [-0.3, -0.25) is 9.48 Å². The van der Waals surface area contributed by atoms with Crippen LogP contribution in [0.4, 0.5) is 5.69 Å². The van der Waals surface area contributed by atoms with Crippen molar-refractivity contribution in [2.24, 2.45) is 0 Å². The number of anilines is 1. The molecule has 118 valence electrons. The number of hydrogen-bond acceptors (Lipinski definition) is 5. The summed E-state index contributed by atoms with van der Waals surface area (Å²) in [5, 5.41) is 19.7. The lowest BCUT2D eigenvalue weighted by Crippen LogP contribution is -2.35. The summed E-state index contributed by atoms with van der Waals surface area (Å²) in [6, 6.07) is 0. The first-order valence-corrected chi connectivity index (χ1v) is 6.82. The van der Waals surface area contributed by atoms with Gasteiger partial charge in [0.15, 0.2) is 5.54 Å². The van der Waals surface area contributed by atoms with Crippen molar-refractivity contribution in [3.05, 3.63) is 29.4 Å². The van der Waals surface area contributed by atoms with Crippen LogP contribution in [-0.4, -0.2) is 31.9 Å². The van der Waals surface area contributed by atoms with Crippen LogP contribution in [0.1, 0.15) is 42.6 Å². The zero-order chi connectivity index (χ0) is 16.5. The third kappa shape index (κ3) is 2.72. The zero-order valence-corrected chi connectivity index (χ0v) is 12.9. The molecule has 8 nitrogen and oxygen atoms in total. The van der Waals surface area contributed by atoms with E-state index in [4.69, 9.17) is 4.52 Å². The molecule has 2 aromatic heterocycles. The first-order chi connectivity index (χ1) is 10.3. The summed E-state index contributed by atoms with van der Waals surface area (Å²) in [7, 11) is 0. The van der Waals surface area contributed by atoms with Crippen molar-refractivity contribution >= 4 is 17.6 Å². The van der Waals surface area contributed by atoms with Gasteiger partial charge in [-0.15, -0.1) is 0 Å². The average molecular weight is 306 g/mol. The predicted octanol–water partition coefficient (Wildman–Crippen LogP) is 1.81. The van der Waals surface area contributed by atoms with Gasteiger partial charge in [-0.05, 0) is 27.2 Å². The van der Waals surface area contributed by atoms with E-state index in [-0.39, 0.29) is 5.91 Å². The van der Waals surface area contributed by atoms with Gasteiger partial charge in [0.1, 0.15) is 11.3 Å². The Hall–Kier alpha value is -2.64. The number of carboxylic acids is 1. The fourth-order valence-electron chi connectivity index (χ4n) is 1.93. The molecule has 2 aromatic rings. The molecule has 2 rings (SSSR count). The third-order valence-corrected chi connectivity index (χ3v) is 3.43. The maximum Gasteiger partial charge on any atom is 0.331 e. The Morgan fingerprint density at radius 3 is 2.73 bits per heavy atom. The number of aryl methyl sites for hydroxylation is 2. The molecule has 0 saturated carbocycles. The second-order valence-electron chi connectivity index (χ2n) is 5.41. The van der Waals surface area contributed by atoms with E-state index >= 15 is 0 Å².